The molecular formula is C13H22N4O2. The normalized spacial score (nSPS) is 30.5. The maximum absolute atomic E-state index is 12.1. The van der Waals surface area contributed by atoms with Crippen molar-refractivity contribution in [2.75, 3.05) is 6.54 Å². The first-order chi connectivity index (χ1) is 9.09. The number of aryl methyl sites for hydroxylation is 1. The van der Waals surface area contributed by atoms with Gasteiger partial charge in [-0.3, -0.25) is 9.89 Å². The van der Waals surface area contributed by atoms with Crippen LogP contribution < -0.4 is 5.32 Å². The number of amides is 1. The van der Waals surface area contributed by atoms with Gasteiger partial charge in [0.1, 0.15) is 12.2 Å². The summed E-state index contributed by atoms with van der Waals surface area (Å²) in [5, 5.41) is 9.58. The molecule has 19 heavy (non-hydrogen) atoms. The SMILES string of the molecule is CC1OC(C)C(C(=O)NCCCc2ncn[nH]2)C1C. The Balaban J connectivity index is 1.72. The van der Waals surface area contributed by atoms with Crippen LogP contribution in [0.5, 0.6) is 0 Å². The summed E-state index contributed by atoms with van der Waals surface area (Å²) in [5.74, 6) is 1.18. The van der Waals surface area contributed by atoms with Gasteiger partial charge in [-0.1, -0.05) is 6.92 Å². The number of carbonyl (C=O) groups excluding carboxylic acids is 1. The highest BCUT2D eigenvalue weighted by molar-refractivity contribution is 5.79. The first-order valence-corrected chi connectivity index (χ1v) is 6.87. The molecule has 1 fully saturated rings. The van der Waals surface area contributed by atoms with Crippen LogP contribution in [0.3, 0.4) is 0 Å². The molecular weight excluding hydrogens is 244 g/mol. The van der Waals surface area contributed by atoms with Gasteiger partial charge in [0, 0.05) is 13.0 Å². The number of aromatic amines is 1. The Hall–Kier alpha value is -1.43. The van der Waals surface area contributed by atoms with Gasteiger partial charge in [-0.05, 0) is 26.2 Å². The van der Waals surface area contributed by atoms with E-state index in [0.717, 1.165) is 18.7 Å². The van der Waals surface area contributed by atoms with Crippen molar-refractivity contribution in [3.05, 3.63) is 12.2 Å². The quantitative estimate of drug-likeness (QED) is 0.776. The van der Waals surface area contributed by atoms with E-state index in [1.165, 1.54) is 6.33 Å². The van der Waals surface area contributed by atoms with Crippen molar-refractivity contribution in [3.8, 4) is 0 Å². The number of hydrogen-bond acceptors (Lipinski definition) is 4. The fraction of sp³-hybridized carbons (Fsp3) is 0.769. The van der Waals surface area contributed by atoms with Gasteiger partial charge in [0.2, 0.25) is 5.91 Å². The Bertz CT molecular complexity index is 407. The summed E-state index contributed by atoms with van der Waals surface area (Å²) in [5.41, 5.74) is 0. The molecule has 1 saturated heterocycles. The summed E-state index contributed by atoms with van der Waals surface area (Å²) in [6.45, 7) is 6.73. The van der Waals surface area contributed by atoms with E-state index >= 15 is 0 Å². The van der Waals surface area contributed by atoms with Crippen molar-refractivity contribution < 1.29 is 9.53 Å². The second kappa shape index (κ2) is 6.14. The third-order valence-corrected chi connectivity index (χ3v) is 3.90. The molecule has 1 amide bonds. The minimum absolute atomic E-state index is 0.000672. The number of hydrogen-bond donors (Lipinski definition) is 2. The van der Waals surface area contributed by atoms with E-state index < -0.39 is 0 Å². The monoisotopic (exact) mass is 266 g/mol. The predicted molar refractivity (Wildman–Crippen MR) is 70.4 cm³/mol. The largest absolute Gasteiger partial charge is 0.374 e. The third-order valence-electron chi connectivity index (χ3n) is 3.90. The summed E-state index contributed by atoms with van der Waals surface area (Å²) >= 11 is 0. The second-order valence-corrected chi connectivity index (χ2v) is 5.26. The van der Waals surface area contributed by atoms with Crippen LogP contribution in [0.1, 0.15) is 33.0 Å². The van der Waals surface area contributed by atoms with E-state index in [4.69, 9.17) is 4.74 Å². The number of carbonyl (C=O) groups is 1. The Kier molecular flexibility index (Phi) is 4.52. The summed E-state index contributed by atoms with van der Waals surface area (Å²) < 4.78 is 5.69. The smallest absolute Gasteiger partial charge is 0.226 e. The number of nitrogens with one attached hydrogen (secondary N) is 2. The molecule has 1 aromatic heterocycles. The maximum Gasteiger partial charge on any atom is 0.226 e. The average Bonchev–Trinajstić information content (AvgIpc) is 2.95. The summed E-state index contributed by atoms with van der Waals surface area (Å²) in [7, 11) is 0. The van der Waals surface area contributed by atoms with Crippen LogP contribution in [-0.2, 0) is 16.0 Å². The Labute approximate surface area is 113 Å². The first-order valence-electron chi connectivity index (χ1n) is 6.87. The third kappa shape index (κ3) is 3.32. The van der Waals surface area contributed by atoms with Crippen molar-refractivity contribution in [1.29, 1.82) is 0 Å². The van der Waals surface area contributed by atoms with Gasteiger partial charge in [0.05, 0.1) is 18.1 Å². The molecule has 0 aromatic carbocycles. The molecule has 1 aliphatic rings. The van der Waals surface area contributed by atoms with Crippen LogP contribution in [0.15, 0.2) is 6.33 Å². The molecule has 0 saturated carbocycles. The number of H-pyrrole nitrogens is 1. The highest BCUT2D eigenvalue weighted by atomic mass is 16.5. The van der Waals surface area contributed by atoms with Gasteiger partial charge in [0.15, 0.2) is 0 Å². The van der Waals surface area contributed by atoms with Crippen LogP contribution in [0, 0.1) is 11.8 Å². The van der Waals surface area contributed by atoms with Crippen molar-refractivity contribution in [3.63, 3.8) is 0 Å². The molecule has 0 spiro atoms. The molecule has 1 aliphatic heterocycles. The Morgan fingerprint density at radius 2 is 2.21 bits per heavy atom. The lowest BCUT2D eigenvalue weighted by Crippen LogP contribution is -2.37. The lowest BCUT2D eigenvalue weighted by Gasteiger charge is -2.17. The standard InChI is InChI=1S/C13H22N4O2/c1-8-9(2)19-10(3)12(8)13(18)14-6-4-5-11-15-7-16-17-11/h7-10,12H,4-6H2,1-3H3,(H,14,18)(H,15,16,17). The molecule has 0 aliphatic carbocycles. The average molecular weight is 266 g/mol. The summed E-state index contributed by atoms with van der Waals surface area (Å²) in [6, 6.07) is 0. The number of nitrogens with zero attached hydrogens (tertiary/aromatic N) is 2. The topological polar surface area (TPSA) is 79.9 Å². The fourth-order valence-corrected chi connectivity index (χ4v) is 2.66. The lowest BCUT2D eigenvalue weighted by molar-refractivity contribution is -0.127. The van der Waals surface area contributed by atoms with Gasteiger partial charge in [0.25, 0.3) is 0 Å². The number of ether oxygens (including phenoxy) is 1. The second-order valence-electron chi connectivity index (χ2n) is 5.26. The van der Waals surface area contributed by atoms with E-state index in [1.807, 2.05) is 13.8 Å². The maximum atomic E-state index is 12.1. The lowest BCUT2D eigenvalue weighted by atomic mass is 9.89. The molecule has 2 heterocycles. The minimum Gasteiger partial charge on any atom is -0.374 e. The Morgan fingerprint density at radius 1 is 1.42 bits per heavy atom. The molecule has 2 rings (SSSR count). The molecule has 6 nitrogen and oxygen atoms in total. The highest BCUT2D eigenvalue weighted by Gasteiger charge is 2.41. The molecule has 4 atom stereocenters. The van der Waals surface area contributed by atoms with E-state index in [0.29, 0.717) is 6.54 Å². The minimum atomic E-state index is -0.0414. The fourth-order valence-electron chi connectivity index (χ4n) is 2.66. The zero-order valence-corrected chi connectivity index (χ0v) is 11.7. The zero-order chi connectivity index (χ0) is 13.8. The van der Waals surface area contributed by atoms with Crippen LogP contribution in [0.25, 0.3) is 0 Å². The van der Waals surface area contributed by atoms with Crippen LogP contribution in [0.4, 0.5) is 0 Å². The van der Waals surface area contributed by atoms with E-state index in [2.05, 4.69) is 27.4 Å². The van der Waals surface area contributed by atoms with Crippen LogP contribution >= 0.6 is 0 Å². The summed E-state index contributed by atoms with van der Waals surface area (Å²) in [4.78, 5) is 16.2. The van der Waals surface area contributed by atoms with Crippen molar-refractivity contribution in [1.82, 2.24) is 20.5 Å². The number of aromatic nitrogens is 3. The van der Waals surface area contributed by atoms with E-state index in [9.17, 15) is 4.79 Å². The van der Waals surface area contributed by atoms with Gasteiger partial charge in [-0.25, -0.2) is 4.98 Å². The molecule has 0 radical (unpaired) electrons. The predicted octanol–water partition coefficient (Wildman–Crippen LogP) is 0.913. The molecule has 1 aromatic rings. The molecule has 2 N–H and O–H groups in total. The Morgan fingerprint density at radius 3 is 2.79 bits per heavy atom. The van der Waals surface area contributed by atoms with E-state index in [-0.39, 0.29) is 30.0 Å². The van der Waals surface area contributed by atoms with E-state index in [1.54, 1.807) is 0 Å². The molecule has 0 bridgehead atoms. The molecule has 106 valence electrons. The number of rotatable bonds is 5. The van der Waals surface area contributed by atoms with Crippen LogP contribution in [0.2, 0.25) is 0 Å². The zero-order valence-electron chi connectivity index (χ0n) is 11.7. The van der Waals surface area contributed by atoms with Crippen molar-refractivity contribution in [2.24, 2.45) is 11.8 Å². The van der Waals surface area contributed by atoms with Gasteiger partial charge >= 0.3 is 0 Å². The molecule has 4 unspecified atom stereocenters. The highest BCUT2D eigenvalue weighted by Crippen LogP contribution is 2.32. The van der Waals surface area contributed by atoms with Gasteiger partial charge in [-0.2, -0.15) is 5.10 Å². The first kappa shape index (κ1) is 14.0. The van der Waals surface area contributed by atoms with Crippen molar-refractivity contribution in [2.45, 2.75) is 45.8 Å². The van der Waals surface area contributed by atoms with Crippen molar-refractivity contribution >= 4 is 5.91 Å². The summed E-state index contributed by atoms with van der Waals surface area (Å²) in [6.07, 6.45) is 3.30. The van der Waals surface area contributed by atoms with Gasteiger partial charge in [-0.15, -0.1) is 0 Å². The molecule has 6 heteroatoms. The van der Waals surface area contributed by atoms with Gasteiger partial charge < -0.3 is 10.1 Å². The van der Waals surface area contributed by atoms with Crippen LogP contribution in [-0.4, -0.2) is 39.8 Å².